The molecule has 1 amide bonds. The third-order valence-corrected chi connectivity index (χ3v) is 6.95. The first-order chi connectivity index (χ1) is 16.4. The fourth-order valence-corrected chi connectivity index (χ4v) is 5.03. The van der Waals surface area contributed by atoms with Crippen molar-refractivity contribution in [1.29, 1.82) is 0 Å². The molecule has 0 aliphatic carbocycles. The standard InChI is InChI=1S/C22H30FN9O2.ClH/c1-22(3-5-31(13-22)19(33)16(24)10-23)32-4-2-15-17(14-11-26-20(25)27-12-14)28-21(29-18(15)32)30-6-8-34-9-7-30;/h11-12,16H,2-10,13,24H2,1H3,(H2,25,26,27);1H/t16-,22-;/m0./s1. The molecule has 0 radical (unpaired) electrons. The maximum Gasteiger partial charge on any atom is 0.242 e. The number of rotatable bonds is 5. The maximum absolute atomic E-state index is 13.0. The van der Waals surface area contributed by atoms with E-state index < -0.39 is 12.7 Å². The zero-order valence-corrected chi connectivity index (χ0v) is 20.5. The number of hydrogen-bond acceptors (Lipinski definition) is 10. The lowest BCUT2D eigenvalue weighted by atomic mass is 9.99. The third kappa shape index (κ3) is 4.69. The van der Waals surface area contributed by atoms with E-state index in [9.17, 15) is 9.18 Å². The SMILES string of the molecule is C[C@]1(N2CCc3c(-c4cnc(N)nc4)nc(N4CCOCC4)nc32)CCN(C(=O)[C@@H](N)CF)C1.Cl. The van der Waals surface area contributed by atoms with E-state index in [1.54, 1.807) is 17.3 Å². The normalized spacial score (nSPS) is 22.7. The summed E-state index contributed by atoms with van der Waals surface area (Å²) in [6.07, 6.45) is 4.87. The molecule has 35 heavy (non-hydrogen) atoms. The van der Waals surface area contributed by atoms with Gasteiger partial charge in [-0.15, -0.1) is 12.4 Å². The fraction of sp³-hybridized carbons (Fsp3) is 0.591. The molecule has 3 aliphatic heterocycles. The Balaban J connectivity index is 0.00000289. The van der Waals surface area contributed by atoms with Gasteiger partial charge in [0.15, 0.2) is 0 Å². The minimum atomic E-state index is -1.11. The molecule has 5 rings (SSSR count). The molecule has 2 saturated heterocycles. The number of fused-ring (bicyclic) bond motifs is 1. The molecule has 3 aliphatic rings. The lowest BCUT2D eigenvalue weighted by Gasteiger charge is -2.37. The smallest absolute Gasteiger partial charge is 0.242 e. The van der Waals surface area contributed by atoms with Crippen molar-refractivity contribution in [2.24, 2.45) is 5.73 Å². The topological polar surface area (TPSA) is 140 Å². The highest BCUT2D eigenvalue weighted by molar-refractivity contribution is 5.85. The average molecular weight is 508 g/mol. The number of nitrogens with zero attached hydrogens (tertiary/aromatic N) is 7. The van der Waals surface area contributed by atoms with Gasteiger partial charge in [-0.25, -0.2) is 19.3 Å². The minimum Gasteiger partial charge on any atom is -0.378 e. The molecule has 0 aromatic carbocycles. The first-order valence-corrected chi connectivity index (χ1v) is 11.6. The third-order valence-electron chi connectivity index (χ3n) is 6.95. The van der Waals surface area contributed by atoms with Gasteiger partial charge >= 0.3 is 0 Å². The van der Waals surface area contributed by atoms with Crippen LogP contribution in [-0.4, -0.2) is 94.9 Å². The molecular weight excluding hydrogens is 477 g/mol. The molecule has 190 valence electrons. The summed E-state index contributed by atoms with van der Waals surface area (Å²) in [5, 5.41) is 0. The molecule has 0 spiro atoms. The predicted octanol–water partition coefficient (Wildman–Crippen LogP) is 0.425. The van der Waals surface area contributed by atoms with Gasteiger partial charge in [-0.3, -0.25) is 4.79 Å². The lowest BCUT2D eigenvalue weighted by molar-refractivity contribution is -0.132. The number of nitrogen functional groups attached to an aromatic ring is 1. The van der Waals surface area contributed by atoms with Crippen LogP contribution in [0.15, 0.2) is 12.4 Å². The lowest BCUT2D eigenvalue weighted by Crippen LogP contribution is -2.51. The van der Waals surface area contributed by atoms with Crippen molar-refractivity contribution < 1.29 is 13.9 Å². The Morgan fingerprint density at radius 3 is 2.60 bits per heavy atom. The highest BCUT2D eigenvalue weighted by Crippen LogP contribution is 2.41. The van der Waals surface area contributed by atoms with Gasteiger partial charge in [-0.1, -0.05) is 0 Å². The van der Waals surface area contributed by atoms with Gasteiger partial charge in [0.2, 0.25) is 17.8 Å². The number of morpholine rings is 1. The Labute approximate surface area is 209 Å². The first kappa shape index (κ1) is 25.3. The highest BCUT2D eigenvalue weighted by atomic mass is 35.5. The van der Waals surface area contributed by atoms with Crippen LogP contribution >= 0.6 is 12.4 Å². The van der Waals surface area contributed by atoms with E-state index in [2.05, 4.69) is 26.7 Å². The van der Waals surface area contributed by atoms with E-state index in [4.69, 9.17) is 26.2 Å². The van der Waals surface area contributed by atoms with Crippen molar-refractivity contribution >= 4 is 36.0 Å². The summed E-state index contributed by atoms with van der Waals surface area (Å²) in [6.45, 7) is 5.66. The van der Waals surface area contributed by atoms with E-state index in [0.29, 0.717) is 45.3 Å². The molecule has 5 heterocycles. The predicted molar refractivity (Wildman–Crippen MR) is 132 cm³/mol. The second kappa shape index (κ2) is 10.0. The molecule has 2 aromatic heterocycles. The number of amides is 1. The molecule has 0 unspecified atom stereocenters. The molecule has 0 saturated carbocycles. The van der Waals surface area contributed by atoms with Gasteiger partial charge < -0.3 is 30.9 Å². The fourth-order valence-electron chi connectivity index (χ4n) is 5.03. The number of ether oxygens (including phenoxy) is 1. The van der Waals surface area contributed by atoms with Crippen molar-refractivity contribution in [1.82, 2.24) is 24.8 Å². The molecule has 4 N–H and O–H groups in total. The van der Waals surface area contributed by atoms with Crippen LogP contribution in [0.25, 0.3) is 11.3 Å². The molecule has 2 aromatic rings. The summed E-state index contributed by atoms with van der Waals surface area (Å²) in [5.74, 6) is 1.35. The van der Waals surface area contributed by atoms with Crippen LogP contribution in [0, 0.1) is 0 Å². The van der Waals surface area contributed by atoms with Crippen LogP contribution in [0.3, 0.4) is 0 Å². The van der Waals surface area contributed by atoms with Crippen molar-refractivity contribution in [3.63, 3.8) is 0 Å². The summed E-state index contributed by atoms with van der Waals surface area (Å²) in [7, 11) is 0. The van der Waals surface area contributed by atoms with Crippen molar-refractivity contribution in [3.05, 3.63) is 18.0 Å². The zero-order valence-electron chi connectivity index (χ0n) is 19.7. The number of carbonyl (C=O) groups is 1. The van der Waals surface area contributed by atoms with Crippen LogP contribution in [-0.2, 0) is 16.0 Å². The number of anilines is 3. The number of carbonyl (C=O) groups excluding carboxylic acids is 1. The van der Waals surface area contributed by atoms with Gasteiger partial charge in [-0.05, 0) is 19.8 Å². The van der Waals surface area contributed by atoms with Crippen LogP contribution in [0.4, 0.5) is 22.1 Å². The monoisotopic (exact) mass is 507 g/mol. The Morgan fingerprint density at radius 1 is 1.20 bits per heavy atom. The van der Waals surface area contributed by atoms with E-state index in [1.807, 2.05) is 0 Å². The van der Waals surface area contributed by atoms with Crippen molar-refractivity contribution in [2.45, 2.75) is 31.3 Å². The van der Waals surface area contributed by atoms with E-state index >= 15 is 0 Å². The maximum atomic E-state index is 13.0. The van der Waals surface area contributed by atoms with Crippen LogP contribution in [0.2, 0.25) is 0 Å². The van der Waals surface area contributed by atoms with Gasteiger partial charge in [0.1, 0.15) is 18.5 Å². The summed E-state index contributed by atoms with van der Waals surface area (Å²) in [6, 6.07) is -1.11. The molecule has 0 bridgehead atoms. The van der Waals surface area contributed by atoms with Crippen molar-refractivity contribution in [3.8, 4) is 11.3 Å². The van der Waals surface area contributed by atoms with E-state index in [1.165, 1.54) is 0 Å². The quantitative estimate of drug-likeness (QED) is 0.585. The largest absolute Gasteiger partial charge is 0.378 e. The van der Waals surface area contributed by atoms with Crippen LogP contribution in [0.5, 0.6) is 0 Å². The van der Waals surface area contributed by atoms with Gasteiger partial charge in [0.25, 0.3) is 0 Å². The summed E-state index contributed by atoms with van der Waals surface area (Å²) >= 11 is 0. The molecule has 11 nitrogen and oxygen atoms in total. The average Bonchev–Trinajstić information content (AvgIpc) is 3.48. The Morgan fingerprint density at radius 2 is 1.91 bits per heavy atom. The molecular formula is C22H31ClFN9O2. The number of nitrogens with two attached hydrogens (primary N) is 2. The van der Waals surface area contributed by atoms with Gasteiger partial charge in [0, 0.05) is 56.2 Å². The number of likely N-dealkylation sites (tertiary alicyclic amines) is 1. The second-order valence-corrected chi connectivity index (χ2v) is 9.27. The van der Waals surface area contributed by atoms with Crippen LogP contribution < -0.4 is 21.3 Å². The Hall–Kier alpha value is -2.83. The highest BCUT2D eigenvalue weighted by Gasteiger charge is 2.45. The summed E-state index contributed by atoms with van der Waals surface area (Å²) in [4.78, 5) is 36.8. The van der Waals surface area contributed by atoms with Crippen molar-refractivity contribution in [2.75, 3.05) is 68.1 Å². The first-order valence-electron chi connectivity index (χ1n) is 11.6. The number of alkyl halides is 1. The molecule has 2 atom stereocenters. The second-order valence-electron chi connectivity index (χ2n) is 9.27. The van der Waals surface area contributed by atoms with Gasteiger partial charge in [0.05, 0.1) is 24.4 Å². The van der Waals surface area contributed by atoms with E-state index in [0.717, 1.165) is 42.0 Å². The van der Waals surface area contributed by atoms with Crippen LogP contribution in [0.1, 0.15) is 18.9 Å². The molecule has 2 fully saturated rings. The zero-order chi connectivity index (χ0) is 23.9. The Bertz CT molecular complexity index is 1070. The molecule has 13 heteroatoms. The summed E-state index contributed by atoms with van der Waals surface area (Å²) in [5.41, 5.74) is 13.6. The number of halogens is 2. The number of hydrogen-bond donors (Lipinski definition) is 2. The summed E-state index contributed by atoms with van der Waals surface area (Å²) < 4.78 is 18.5. The minimum absolute atomic E-state index is 0. The number of aromatic nitrogens is 4. The van der Waals surface area contributed by atoms with Gasteiger partial charge in [-0.2, -0.15) is 4.98 Å². The Kier molecular flexibility index (Phi) is 7.25. The van der Waals surface area contributed by atoms with E-state index in [-0.39, 0.29) is 29.8 Å².